The molecular weight excluding hydrogens is 326 g/mol. The molecule has 0 aliphatic carbocycles. The van der Waals surface area contributed by atoms with E-state index in [1.165, 1.54) is 6.07 Å². The Labute approximate surface area is 145 Å². The third-order valence-electron chi connectivity index (χ3n) is 4.17. The van der Waals surface area contributed by atoms with Gasteiger partial charge in [0, 0.05) is 6.61 Å². The van der Waals surface area contributed by atoms with E-state index in [2.05, 4.69) is 22.6 Å². The van der Waals surface area contributed by atoms with E-state index >= 15 is 0 Å². The van der Waals surface area contributed by atoms with Gasteiger partial charge in [0.2, 0.25) is 5.76 Å². The Kier molecular flexibility index (Phi) is 5.70. The van der Waals surface area contributed by atoms with Crippen molar-refractivity contribution in [3.63, 3.8) is 0 Å². The lowest BCUT2D eigenvalue weighted by atomic mass is 10.1. The molecule has 0 aromatic carbocycles. The van der Waals surface area contributed by atoms with Crippen molar-refractivity contribution in [1.82, 2.24) is 15.6 Å². The van der Waals surface area contributed by atoms with Crippen LogP contribution in [0.1, 0.15) is 53.8 Å². The highest BCUT2D eigenvalue weighted by molar-refractivity contribution is 5.91. The summed E-state index contributed by atoms with van der Waals surface area (Å²) in [5, 5.41) is 10.7. The maximum Gasteiger partial charge on any atom is 0.290 e. The van der Waals surface area contributed by atoms with Crippen molar-refractivity contribution in [2.45, 2.75) is 52.2 Å². The van der Waals surface area contributed by atoms with Crippen molar-refractivity contribution in [2.75, 3.05) is 13.2 Å². The minimum atomic E-state index is -0.317. The summed E-state index contributed by atoms with van der Waals surface area (Å²) in [6, 6.07) is 1.50. The summed E-state index contributed by atoms with van der Waals surface area (Å²) < 4.78 is 21.2. The number of ether oxygens (including phenoxy) is 2. The van der Waals surface area contributed by atoms with Crippen LogP contribution in [-0.4, -0.2) is 35.5 Å². The predicted molar refractivity (Wildman–Crippen MR) is 87.4 cm³/mol. The normalized spacial score (nSPS) is 17.0. The van der Waals surface area contributed by atoms with E-state index in [0.29, 0.717) is 13.2 Å². The topological polar surface area (TPSA) is 99.6 Å². The molecule has 1 atom stereocenters. The Hall–Kier alpha value is -2.35. The highest BCUT2D eigenvalue weighted by Gasteiger charge is 2.22. The molecule has 8 nitrogen and oxygen atoms in total. The zero-order chi connectivity index (χ0) is 17.6. The highest BCUT2D eigenvalue weighted by atomic mass is 16.5. The average molecular weight is 349 g/mol. The lowest BCUT2D eigenvalue weighted by molar-refractivity contribution is 0.0892. The minimum absolute atomic E-state index is 0.0164. The molecule has 2 aromatic rings. The summed E-state index contributed by atoms with van der Waals surface area (Å²) in [5.74, 6) is 0.793. The molecule has 0 unspecified atom stereocenters. The molecule has 0 bridgehead atoms. The van der Waals surface area contributed by atoms with Gasteiger partial charge in [0.25, 0.3) is 11.8 Å². The van der Waals surface area contributed by atoms with E-state index in [-0.39, 0.29) is 30.2 Å². The van der Waals surface area contributed by atoms with Crippen LogP contribution in [0.2, 0.25) is 0 Å². The SMILES string of the molecule is CCCCc1noc(C)c1COc1cc(C(=O)N[C@H]2CCOC2)on1. The Morgan fingerprint density at radius 2 is 2.28 bits per heavy atom. The first-order chi connectivity index (χ1) is 12.2. The first-order valence-electron chi connectivity index (χ1n) is 8.59. The first kappa shape index (κ1) is 17.5. The van der Waals surface area contributed by atoms with Gasteiger partial charge in [-0.05, 0) is 31.3 Å². The van der Waals surface area contributed by atoms with Gasteiger partial charge in [0.1, 0.15) is 12.4 Å². The molecule has 1 N–H and O–H groups in total. The van der Waals surface area contributed by atoms with Gasteiger partial charge in [-0.15, -0.1) is 0 Å². The van der Waals surface area contributed by atoms with Gasteiger partial charge in [-0.25, -0.2) is 0 Å². The molecule has 0 spiro atoms. The summed E-state index contributed by atoms with van der Waals surface area (Å²) >= 11 is 0. The number of aromatic nitrogens is 2. The maximum absolute atomic E-state index is 12.1. The number of rotatable bonds is 8. The van der Waals surface area contributed by atoms with Crippen LogP contribution >= 0.6 is 0 Å². The van der Waals surface area contributed by atoms with Gasteiger partial charge >= 0.3 is 0 Å². The number of hydrogen-bond donors (Lipinski definition) is 1. The van der Waals surface area contributed by atoms with Crippen LogP contribution in [0, 0.1) is 6.92 Å². The standard InChI is InChI=1S/C17H23N3O5/c1-3-4-5-14-13(11(2)24-19-14)10-23-16-8-15(25-20-16)17(21)18-12-6-7-22-9-12/h8,12H,3-7,9-10H2,1-2H3,(H,18,21)/t12-/m0/s1. The average Bonchev–Trinajstić information content (AvgIpc) is 3.33. The van der Waals surface area contributed by atoms with E-state index in [1.807, 2.05) is 6.92 Å². The summed E-state index contributed by atoms with van der Waals surface area (Å²) in [6.45, 7) is 5.44. The quantitative estimate of drug-likeness (QED) is 0.781. The van der Waals surface area contributed by atoms with Crippen molar-refractivity contribution in [1.29, 1.82) is 0 Å². The molecule has 0 radical (unpaired) electrons. The van der Waals surface area contributed by atoms with Crippen molar-refractivity contribution in [2.24, 2.45) is 0 Å². The number of hydrogen-bond acceptors (Lipinski definition) is 7. The van der Waals surface area contributed by atoms with E-state index in [1.54, 1.807) is 0 Å². The first-order valence-corrected chi connectivity index (χ1v) is 8.59. The molecule has 25 heavy (non-hydrogen) atoms. The molecule has 1 fully saturated rings. The van der Waals surface area contributed by atoms with Crippen LogP contribution in [0.5, 0.6) is 5.88 Å². The number of nitrogens with one attached hydrogen (secondary N) is 1. The minimum Gasteiger partial charge on any atom is -0.470 e. The summed E-state index contributed by atoms with van der Waals surface area (Å²) in [6.07, 6.45) is 3.77. The largest absolute Gasteiger partial charge is 0.470 e. The number of unbranched alkanes of at least 4 members (excludes halogenated alkanes) is 1. The van der Waals surface area contributed by atoms with Gasteiger partial charge in [-0.3, -0.25) is 4.79 Å². The smallest absolute Gasteiger partial charge is 0.290 e. The Morgan fingerprint density at radius 3 is 3.04 bits per heavy atom. The lowest BCUT2D eigenvalue weighted by Crippen LogP contribution is -2.34. The van der Waals surface area contributed by atoms with Gasteiger partial charge in [0.15, 0.2) is 0 Å². The third kappa shape index (κ3) is 4.39. The van der Waals surface area contributed by atoms with Crippen LogP contribution in [0.3, 0.4) is 0 Å². The molecule has 3 rings (SSSR count). The van der Waals surface area contributed by atoms with Gasteiger partial charge in [0.05, 0.1) is 30.0 Å². The zero-order valence-corrected chi connectivity index (χ0v) is 14.5. The van der Waals surface area contributed by atoms with Crippen LogP contribution < -0.4 is 10.1 Å². The fraction of sp³-hybridized carbons (Fsp3) is 0.588. The third-order valence-corrected chi connectivity index (χ3v) is 4.17. The summed E-state index contributed by atoms with van der Waals surface area (Å²) in [7, 11) is 0. The molecule has 0 saturated carbocycles. The fourth-order valence-electron chi connectivity index (χ4n) is 2.65. The second-order valence-electron chi connectivity index (χ2n) is 6.12. The van der Waals surface area contributed by atoms with Gasteiger partial charge in [-0.1, -0.05) is 18.5 Å². The molecule has 8 heteroatoms. The van der Waals surface area contributed by atoms with E-state index < -0.39 is 0 Å². The number of carbonyl (C=O) groups excluding carboxylic acids is 1. The maximum atomic E-state index is 12.1. The van der Waals surface area contributed by atoms with E-state index in [0.717, 1.165) is 42.7 Å². The van der Waals surface area contributed by atoms with E-state index in [9.17, 15) is 4.79 Å². The second kappa shape index (κ2) is 8.15. The molecule has 2 aromatic heterocycles. The van der Waals surface area contributed by atoms with Crippen LogP contribution in [0.25, 0.3) is 0 Å². The van der Waals surface area contributed by atoms with Crippen LogP contribution in [0.4, 0.5) is 0 Å². The highest BCUT2D eigenvalue weighted by Crippen LogP contribution is 2.19. The molecule has 1 aliphatic rings. The van der Waals surface area contributed by atoms with Crippen molar-refractivity contribution >= 4 is 5.91 Å². The molecule has 1 saturated heterocycles. The number of aryl methyl sites for hydroxylation is 2. The number of amides is 1. The van der Waals surface area contributed by atoms with Crippen molar-refractivity contribution in [3.05, 3.63) is 28.8 Å². The van der Waals surface area contributed by atoms with E-state index in [4.69, 9.17) is 18.5 Å². The van der Waals surface area contributed by atoms with Crippen molar-refractivity contribution < 1.29 is 23.3 Å². The zero-order valence-electron chi connectivity index (χ0n) is 14.5. The lowest BCUT2D eigenvalue weighted by Gasteiger charge is -2.07. The van der Waals surface area contributed by atoms with Crippen LogP contribution in [-0.2, 0) is 17.8 Å². The van der Waals surface area contributed by atoms with Gasteiger partial charge in [-0.2, -0.15) is 0 Å². The predicted octanol–water partition coefficient (Wildman–Crippen LogP) is 2.41. The molecule has 1 aliphatic heterocycles. The number of nitrogens with zero attached hydrogens (tertiary/aromatic N) is 2. The number of carbonyl (C=O) groups is 1. The summed E-state index contributed by atoms with van der Waals surface area (Å²) in [5.41, 5.74) is 1.83. The Morgan fingerprint density at radius 1 is 1.40 bits per heavy atom. The Bertz CT molecular complexity index is 703. The Balaban J connectivity index is 1.56. The fourth-order valence-corrected chi connectivity index (χ4v) is 2.65. The van der Waals surface area contributed by atoms with Gasteiger partial charge < -0.3 is 23.8 Å². The molecular formula is C17H23N3O5. The van der Waals surface area contributed by atoms with Crippen molar-refractivity contribution in [3.8, 4) is 5.88 Å². The monoisotopic (exact) mass is 349 g/mol. The molecule has 3 heterocycles. The second-order valence-corrected chi connectivity index (χ2v) is 6.12. The summed E-state index contributed by atoms with van der Waals surface area (Å²) in [4.78, 5) is 12.1. The molecule has 1 amide bonds. The van der Waals surface area contributed by atoms with Crippen LogP contribution in [0.15, 0.2) is 15.1 Å². The molecule has 136 valence electrons.